The molecule has 0 saturated carbocycles. The van der Waals surface area contributed by atoms with Gasteiger partial charge in [-0.05, 0) is 68.4 Å². The van der Waals surface area contributed by atoms with Gasteiger partial charge in [-0.25, -0.2) is 0 Å². The van der Waals surface area contributed by atoms with Gasteiger partial charge in [0.05, 0.1) is 18.9 Å². The largest absolute Gasteiger partial charge is 0.493 e. The van der Waals surface area contributed by atoms with Crippen LogP contribution in [0, 0.1) is 12.8 Å². The quantitative estimate of drug-likeness (QED) is 0.611. The monoisotopic (exact) mass is 382 g/mol. The zero-order valence-electron chi connectivity index (χ0n) is 16.4. The first-order chi connectivity index (χ1) is 13.7. The van der Waals surface area contributed by atoms with Crippen molar-refractivity contribution < 1.29 is 14.0 Å². The molecule has 1 aliphatic heterocycles. The van der Waals surface area contributed by atoms with Gasteiger partial charge in [0.15, 0.2) is 11.4 Å². The number of hydrogen-bond acceptors (Lipinski definition) is 7. The highest BCUT2D eigenvalue weighted by Crippen LogP contribution is 2.34. The van der Waals surface area contributed by atoms with Crippen molar-refractivity contribution in [3.63, 3.8) is 0 Å². The summed E-state index contributed by atoms with van der Waals surface area (Å²) in [6.07, 6.45) is 3.31. The maximum atomic E-state index is 6.08. The number of aromatic nitrogens is 3. The van der Waals surface area contributed by atoms with E-state index < -0.39 is 0 Å². The number of rotatable bonds is 7. The molecule has 1 aliphatic rings. The molecule has 28 heavy (non-hydrogen) atoms. The lowest BCUT2D eigenvalue weighted by Crippen LogP contribution is -2.34. The molecule has 0 atom stereocenters. The molecule has 0 spiro atoms. The number of aryl methyl sites for hydroxylation is 1. The van der Waals surface area contributed by atoms with E-state index in [1.807, 2.05) is 38.1 Å². The molecular weight excluding hydrogens is 356 g/mol. The van der Waals surface area contributed by atoms with E-state index in [0.29, 0.717) is 30.6 Å². The van der Waals surface area contributed by atoms with Gasteiger partial charge in [-0.15, -0.1) is 5.10 Å². The van der Waals surface area contributed by atoms with Gasteiger partial charge in [0, 0.05) is 13.1 Å². The van der Waals surface area contributed by atoms with Gasteiger partial charge in [-0.3, -0.25) is 0 Å². The van der Waals surface area contributed by atoms with Gasteiger partial charge in [-0.2, -0.15) is 5.10 Å². The predicted molar refractivity (Wildman–Crippen MR) is 107 cm³/mol. The summed E-state index contributed by atoms with van der Waals surface area (Å²) in [7, 11) is 0. The van der Waals surface area contributed by atoms with Gasteiger partial charge >= 0.3 is 0 Å². The Morgan fingerprint density at radius 3 is 2.71 bits per heavy atom. The average molecular weight is 382 g/mol. The van der Waals surface area contributed by atoms with E-state index in [9.17, 15) is 0 Å². The Kier molecular flexibility index (Phi) is 5.60. The van der Waals surface area contributed by atoms with E-state index in [-0.39, 0.29) is 0 Å². The van der Waals surface area contributed by atoms with Crippen LogP contribution in [0.4, 0.5) is 5.82 Å². The molecule has 1 aromatic carbocycles. The fraction of sp³-hybridized carbons (Fsp3) is 0.476. The highest BCUT2D eigenvalue weighted by atomic mass is 16.5. The lowest BCUT2D eigenvalue weighted by atomic mass is 9.94. The van der Waals surface area contributed by atoms with Crippen molar-refractivity contribution in [1.82, 2.24) is 15.4 Å². The molecule has 2 aromatic heterocycles. The summed E-state index contributed by atoms with van der Waals surface area (Å²) >= 11 is 0. The van der Waals surface area contributed by atoms with E-state index >= 15 is 0 Å². The molecule has 0 unspecified atom stereocenters. The third kappa shape index (κ3) is 4.03. The highest BCUT2D eigenvalue weighted by Gasteiger charge is 2.21. The van der Waals surface area contributed by atoms with E-state index in [2.05, 4.69) is 26.3 Å². The second-order valence-electron chi connectivity index (χ2n) is 7.15. The van der Waals surface area contributed by atoms with Crippen LogP contribution in [0.2, 0.25) is 0 Å². The standard InChI is InChI=1S/C21H26N4O3/c1-3-26-21-20-17(5-4-6-18(20)28-24-21)27-14-11-16-9-12-25(13-10-16)19-8-7-15(2)22-23-19/h4-8,16H,3,9-14H2,1-2H3. The summed E-state index contributed by atoms with van der Waals surface area (Å²) in [6.45, 7) is 7.13. The van der Waals surface area contributed by atoms with Crippen molar-refractivity contribution in [1.29, 1.82) is 0 Å². The predicted octanol–water partition coefficient (Wildman–Crippen LogP) is 4.01. The van der Waals surface area contributed by atoms with Gasteiger partial charge in [0.2, 0.25) is 0 Å². The van der Waals surface area contributed by atoms with Crippen molar-refractivity contribution >= 4 is 16.8 Å². The summed E-state index contributed by atoms with van der Waals surface area (Å²) < 4.78 is 17.0. The van der Waals surface area contributed by atoms with Crippen LogP contribution < -0.4 is 14.4 Å². The first kappa shape index (κ1) is 18.5. The summed E-state index contributed by atoms with van der Waals surface area (Å²) in [5.41, 5.74) is 1.64. The summed E-state index contributed by atoms with van der Waals surface area (Å²) in [5, 5.41) is 13.3. The lowest BCUT2D eigenvalue weighted by molar-refractivity contribution is 0.259. The number of piperidine rings is 1. The van der Waals surface area contributed by atoms with Crippen LogP contribution in [0.1, 0.15) is 31.9 Å². The topological polar surface area (TPSA) is 73.5 Å². The van der Waals surface area contributed by atoms with Crippen LogP contribution in [-0.4, -0.2) is 41.7 Å². The van der Waals surface area contributed by atoms with Crippen molar-refractivity contribution in [2.24, 2.45) is 5.92 Å². The minimum absolute atomic E-state index is 0.501. The van der Waals surface area contributed by atoms with Gasteiger partial charge < -0.3 is 18.9 Å². The van der Waals surface area contributed by atoms with Crippen LogP contribution >= 0.6 is 0 Å². The SMILES string of the molecule is CCOc1noc2cccc(OCCC3CCN(c4ccc(C)nn4)CC3)c12. The Morgan fingerprint density at radius 1 is 1.11 bits per heavy atom. The van der Waals surface area contributed by atoms with E-state index in [1.165, 1.54) is 0 Å². The number of benzene rings is 1. The zero-order valence-corrected chi connectivity index (χ0v) is 16.4. The van der Waals surface area contributed by atoms with Crippen LogP contribution in [0.25, 0.3) is 11.0 Å². The third-order valence-electron chi connectivity index (χ3n) is 5.22. The fourth-order valence-corrected chi connectivity index (χ4v) is 3.64. The Balaban J connectivity index is 1.30. The van der Waals surface area contributed by atoms with Crippen LogP contribution in [0.15, 0.2) is 34.9 Å². The smallest absolute Gasteiger partial charge is 0.265 e. The molecule has 0 aliphatic carbocycles. The molecule has 7 nitrogen and oxygen atoms in total. The molecule has 0 amide bonds. The van der Waals surface area contributed by atoms with Crippen molar-refractivity contribution in [2.45, 2.75) is 33.1 Å². The van der Waals surface area contributed by atoms with Gasteiger partial charge in [0.25, 0.3) is 5.88 Å². The Labute approximate surface area is 164 Å². The molecule has 0 bridgehead atoms. The van der Waals surface area contributed by atoms with Crippen LogP contribution in [-0.2, 0) is 0 Å². The van der Waals surface area contributed by atoms with E-state index in [0.717, 1.165) is 55.0 Å². The van der Waals surface area contributed by atoms with E-state index in [4.69, 9.17) is 14.0 Å². The molecule has 0 N–H and O–H groups in total. The molecular formula is C21H26N4O3. The summed E-state index contributed by atoms with van der Waals surface area (Å²) in [6, 6.07) is 9.81. The van der Waals surface area contributed by atoms with Crippen molar-refractivity contribution in [3.8, 4) is 11.6 Å². The Hall–Kier alpha value is -2.83. The molecule has 1 saturated heterocycles. The maximum absolute atomic E-state index is 6.08. The maximum Gasteiger partial charge on any atom is 0.265 e. The van der Waals surface area contributed by atoms with Gasteiger partial charge in [-0.1, -0.05) is 6.07 Å². The Morgan fingerprint density at radius 2 is 1.96 bits per heavy atom. The second kappa shape index (κ2) is 8.46. The average Bonchev–Trinajstić information content (AvgIpc) is 3.13. The number of nitrogens with zero attached hydrogens (tertiary/aromatic N) is 4. The second-order valence-corrected chi connectivity index (χ2v) is 7.15. The fourth-order valence-electron chi connectivity index (χ4n) is 3.64. The minimum Gasteiger partial charge on any atom is -0.493 e. The van der Waals surface area contributed by atoms with Gasteiger partial charge in [0.1, 0.15) is 11.1 Å². The molecule has 0 radical (unpaired) electrons. The summed E-state index contributed by atoms with van der Waals surface area (Å²) in [4.78, 5) is 2.32. The number of hydrogen-bond donors (Lipinski definition) is 0. The first-order valence-corrected chi connectivity index (χ1v) is 9.94. The number of anilines is 1. The Bertz CT molecular complexity index is 902. The molecule has 148 valence electrons. The van der Waals surface area contributed by atoms with Crippen molar-refractivity contribution in [2.75, 3.05) is 31.2 Å². The zero-order chi connectivity index (χ0) is 19.3. The minimum atomic E-state index is 0.501. The van der Waals surface area contributed by atoms with Crippen LogP contribution in [0.3, 0.4) is 0 Å². The molecule has 7 heteroatoms. The molecule has 4 rings (SSSR count). The van der Waals surface area contributed by atoms with E-state index in [1.54, 1.807) is 0 Å². The third-order valence-corrected chi connectivity index (χ3v) is 5.22. The highest BCUT2D eigenvalue weighted by molar-refractivity contribution is 5.88. The van der Waals surface area contributed by atoms with Crippen molar-refractivity contribution in [3.05, 3.63) is 36.0 Å². The van der Waals surface area contributed by atoms with Crippen LogP contribution in [0.5, 0.6) is 11.6 Å². The normalized spacial score (nSPS) is 15.1. The molecule has 3 heterocycles. The first-order valence-electron chi connectivity index (χ1n) is 9.94. The summed E-state index contributed by atoms with van der Waals surface area (Å²) in [5.74, 6) is 2.90. The number of ether oxygens (including phenoxy) is 2. The molecule has 3 aromatic rings. The number of fused-ring (bicyclic) bond motifs is 1. The lowest BCUT2D eigenvalue weighted by Gasteiger charge is -2.32. The molecule has 1 fully saturated rings.